The van der Waals surface area contributed by atoms with Crippen molar-refractivity contribution in [1.29, 1.82) is 0 Å². The molecule has 1 aromatic rings. The minimum absolute atomic E-state index is 0.330. The van der Waals surface area contributed by atoms with Gasteiger partial charge >= 0.3 is 6.18 Å². The van der Waals surface area contributed by atoms with Crippen LogP contribution in [0.4, 0.5) is 18.9 Å². The third-order valence-corrected chi connectivity index (χ3v) is 3.53. The largest absolute Gasteiger partial charge is 0.406 e. The Labute approximate surface area is 111 Å². The summed E-state index contributed by atoms with van der Waals surface area (Å²) in [5.41, 5.74) is 0.0398. The van der Waals surface area contributed by atoms with Crippen LogP contribution < -0.4 is 4.90 Å². The molecule has 1 aliphatic heterocycles. The topological polar surface area (TPSA) is 20.3 Å². The Hall–Kier alpha value is -1.04. The SMILES string of the molecule is CC1(C)C(=O)N(CC(F)(F)F)c2cc(Br)ccc21. The van der Waals surface area contributed by atoms with Gasteiger partial charge < -0.3 is 4.90 Å². The molecule has 98 valence electrons. The van der Waals surface area contributed by atoms with E-state index in [1.807, 2.05) is 0 Å². The Kier molecular flexibility index (Phi) is 2.96. The van der Waals surface area contributed by atoms with Gasteiger partial charge in [-0.05, 0) is 31.5 Å². The second-order valence-electron chi connectivity index (χ2n) is 4.79. The highest BCUT2D eigenvalue weighted by molar-refractivity contribution is 9.10. The summed E-state index contributed by atoms with van der Waals surface area (Å²) in [6.07, 6.45) is -4.41. The van der Waals surface area contributed by atoms with E-state index in [0.29, 0.717) is 15.7 Å². The van der Waals surface area contributed by atoms with Gasteiger partial charge in [-0.3, -0.25) is 4.79 Å². The lowest BCUT2D eigenvalue weighted by atomic mass is 9.86. The van der Waals surface area contributed by atoms with Crippen molar-refractivity contribution in [2.45, 2.75) is 25.4 Å². The van der Waals surface area contributed by atoms with Gasteiger partial charge in [0, 0.05) is 10.2 Å². The molecule has 0 spiro atoms. The Balaban J connectivity index is 2.52. The highest BCUT2D eigenvalue weighted by Gasteiger charge is 2.47. The van der Waals surface area contributed by atoms with Crippen molar-refractivity contribution in [2.24, 2.45) is 0 Å². The molecule has 0 unspecified atom stereocenters. The normalized spacial score (nSPS) is 18.1. The molecule has 2 nitrogen and oxygen atoms in total. The van der Waals surface area contributed by atoms with E-state index in [1.54, 1.807) is 32.0 Å². The van der Waals surface area contributed by atoms with Crippen LogP contribution in [-0.4, -0.2) is 18.6 Å². The Bertz CT molecular complexity index is 511. The van der Waals surface area contributed by atoms with Gasteiger partial charge in [0.1, 0.15) is 6.54 Å². The molecule has 0 aliphatic carbocycles. The lowest BCUT2D eigenvalue weighted by Crippen LogP contribution is -2.41. The molecule has 0 N–H and O–H groups in total. The van der Waals surface area contributed by atoms with Gasteiger partial charge in [-0.2, -0.15) is 13.2 Å². The molecule has 2 rings (SSSR count). The zero-order chi connectivity index (χ0) is 13.7. The minimum atomic E-state index is -4.41. The zero-order valence-corrected chi connectivity index (χ0v) is 11.4. The maximum absolute atomic E-state index is 12.5. The summed E-state index contributed by atoms with van der Waals surface area (Å²) in [7, 11) is 0. The van der Waals surface area contributed by atoms with Crippen molar-refractivity contribution >= 4 is 27.5 Å². The number of fused-ring (bicyclic) bond motifs is 1. The average molecular weight is 322 g/mol. The standard InChI is InChI=1S/C12H11BrF3NO/c1-11(2)8-4-3-7(13)5-9(8)17(10(11)18)6-12(14,15)16/h3-5H,6H2,1-2H3. The van der Waals surface area contributed by atoms with E-state index in [-0.39, 0.29) is 0 Å². The first-order chi connectivity index (χ1) is 8.13. The fourth-order valence-corrected chi connectivity index (χ4v) is 2.50. The quantitative estimate of drug-likeness (QED) is 0.773. The molecular formula is C12H11BrF3NO. The molecule has 0 bridgehead atoms. The Morgan fingerprint density at radius 3 is 2.50 bits per heavy atom. The summed E-state index contributed by atoms with van der Waals surface area (Å²) < 4.78 is 38.2. The van der Waals surface area contributed by atoms with Crippen LogP contribution in [-0.2, 0) is 10.2 Å². The first kappa shape index (κ1) is 13.4. The van der Waals surface area contributed by atoms with E-state index in [9.17, 15) is 18.0 Å². The van der Waals surface area contributed by atoms with Crippen LogP contribution in [0.5, 0.6) is 0 Å². The second kappa shape index (κ2) is 3.98. The predicted molar refractivity (Wildman–Crippen MR) is 65.6 cm³/mol. The number of nitrogens with zero attached hydrogens (tertiary/aromatic N) is 1. The molecule has 6 heteroatoms. The lowest BCUT2D eigenvalue weighted by molar-refractivity contribution is -0.134. The number of benzene rings is 1. The number of halogens is 4. The summed E-state index contributed by atoms with van der Waals surface area (Å²) in [5, 5.41) is 0. The monoisotopic (exact) mass is 321 g/mol. The lowest BCUT2D eigenvalue weighted by Gasteiger charge is -2.21. The molecule has 0 aromatic heterocycles. The predicted octanol–water partition coefficient (Wildman–Crippen LogP) is 3.64. The van der Waals surface area contributed by atoms with Crippen LogP contribution in [0.2, 0.25) is 0 Å². The highest BCUT2D eigenvalue weighted by atomic mass is 79.9. The van der Waals surface area contributed by atoms with Gasteiger partial charge in [-0.15, -0.1) is 0 Å². The number of carbonyl (C=O) groups is 1. The highest BCUT2D eigenvalue weighted by Crippen LogP contribution is 2.43. The third-order valence-electron chi connectivity index (χ3n) is 3.04. The van der Waals surface area contributed by atoms with E-state index in [2.05, 4.69) is 15.9 Å². The zero-order valence-electron chi connectivity index (χ0n) is 9.81. The van der Waals surface area contributed by atoms with Gasteiger partial charge in [0.2, 0.25) is 5.91 Å². The van der Waals surface area contributed by atoms with Crippen LogP contribution in [0.1, 0.15) is 19.4 Å². The van der Waals surface area contributed by atoms with Crippen molar-refractivity contribution in [1.82, 2.24) is 0 Å². The molecular weight excluding hydrogens is 311 g/mol. The smallest absolute Gasteiger partial charge is 0.302 e. The van der Waals surface area contributed by atoms with E-state index in [4.69, 9.17) is 0 Å². The summed E-state index contributed by atoms with van der Waals surface area (Å²) in [6.45, 7) is 2.02. The van der Waals surface area contributed by atoms with Crippen LogP contribution in [0.3, 0.4) is 0 Å². The molecule has 0 saturated heterocycles. The van der Waals surface area contributed by atoms with Gasteiger partial charge in [-0.25, -0.2) is 0 Å². The minimum Gasteiger partial charge on any atom is -0.302 e. The van der Waals surface area contributed by atoms with E-state index >= 15 is 0 Å². The molecule has 1 amide bonds. The van der Waals surface area contributed by atoms with Gasteiger partial charge in [0.25, 0.3) is 0 Å². The van der Waals surface area contributed by atoms with E-state index < -0.39 is 24.0 Å². The number of rotatable bonds is 1. The number of alkyl halides is 3. The first-order valence-corrected chi connectivity index (χ1v) is 6.11. The number of anilines is 1. The van der Waals surface area contributed by atoms with Gasteiger partial charge in [-0.1, -0.05) is 22.0 Å². The molecule has 0 radical (unpaired) electrons. The van der Waals surface area contributed by atoms with Crippen molar-refractivity contribution in [3.8, 4) is 0 Å². The summed E-state index contributed by atoms with van der Waals surface area (Å²) >= 11 is 3.21. The molecule has 1 aromatic carbocycles. The summed E-state index contributed by atoms with van der Waals surface area (Å²) in [6, 6.07) is 4.96. The van der Waals surface area contributed by atoms with Crippen molar-refractivity contribution in [3.63, 3.8) is 0 Å². The van der Waals surface area contributed by atoms with Crippen LogP contribution in [0.25, 0.3) is 0 Å². The van der Waals surface area contributed by atoms with E-state index in [0.717, 1.165) is 4.90 Å². The average Bonchev–Trinajstić information content (AvgIpc) is 2.38. The van der Waals surface area contributed by atoms with Crippen LogP contribution in [0.15, 0.2) is 22.7 Å². The maximum atomic E-state index is 12.5. The summed E-state index contributed by atoms with van der Waals surface area (Å²) in [4.78, 5) is 12.9. The summed E-state index contributed by atoms with van der Waals surface area (Å²) in [5.74, 6) is -0.520. The van der Waals surface area contributed by atoms with Crippen LogP contribution >= 0.6 is 15.9 Å². The Morgan fingerprint density at radius 2 is 1.94 bits per heavy atom. The number of hydrogen-bond donors (Lipinski definition) is 0. The molecule has 0 atom stereocenters. The van der Waals surface area contributed by atoms with Gasteiger partial charge in [0.05, 0.1) is 5.41 Å². The molecule has 0 fully saturated rings. The molecule has 0 saturated carbocycles. The fraction of sp³-hybridized carbons (Fsp3) is 0.417. The number of amides is 1. The molecule has 1 heterocycles. The van der Waals surface area contributed by atoms with Crippen molar-refractivity contribution < 1.29 is 18.0 Å². The van der Waals surface area contributed by atoms with Crippen molar-refractivity contribution in [3.05, 3.63) is 28.2 Å². The third kappa shape index (κ3) is 2.13. The number of carbonyl (C=O) groups excluding carboxylic acids is 1. The molecule has 18 heavy (non-hydrogen) atoms. The van der Waals surface area contributed by atoms with Gasteiger partial charge in [0.15, 0.2) is 0 Å². The second-order valence-corrected chi connectivity index (χ2v) is 5.71. The number of hydrogen-bond acceptors (Lipinski definition) is 1. The first-order valence-electron chi connectivity index (χ1n) is 5.32. The fourth-order valence-electron chi connectivity index (χ4n) is 2.15. The maximum Gasteiger partial charge on any atom is 0.406 e. The van der Waals surface area contributed by atoms with Crippen LogP contribution in [0, 0.1) is 0 Å². The Morgan fingerprint density at radius 1 is 1.33 bits per heavy atom. The van der Waals surface area contributed by atoms with Crippen molar-refractivity contribution in [2.75, 3.05) is 11.4 Å². The van der Waals surface area contributed by atoms with E-state index in [1.165, 1.54) is 0 Å². The molecule has 1 aliphatic rings.